The molecule has 0 spiro atoms. The molecule has 35 heteroatoms. The molecule has 6 aromatic heterocycles. The van der Waals surface area contributed by atoms with Gasteiger partial charge in [-0.1, -0.05) is 29.8 Å². The minimum atomic E-state index is -0.815. The number of imide groups is 2. The smallest absolute Gasteiger partial charge is 0.417 e. The number of hydrogen-bond acceptors (Lipinski definition) is 25. The second-order valence-electron chi connectivity index (χ2n) is 31.5. The second-order valence-corrected chi connectivity index (χ2v) is 31.9. The van der Waals surface area contributed by atoms with E-state index >= 15 is 4.39 Å². The SMILES string of the molecule is CC(C)(C)OC(=O)N1Cc2nc(-c3c(F)cccc3C#N)cc(Cl)c2C1=O.CN1CCOC2CN(c3ccn(-c4cc(-c5c(F)cccc5C#N)nc5c4C(=O)N(C(=O)OC(C)(C)C)C5)n3)C[C@@H]21.CN1CCOC2CN(c3ccn(-c4cc(-c5c(F)cccc5C#N)nc5c4C(=O)NC5)n3)C[C@@H]21.CN1CCOC2CN(c3ccn[nH]3)C[C@@H]21. The Morgan fingerprint density at radius 3 is 1.34 bits per heavy atom. The third kappa shape index (κ3) is 16.2. The maximum atomic E-state index is 15.1. The van der Waals surface area contributed by atoms with E-state index in [1.807, 2.05) is 36.4 Å². The Labute approximate surface area is 676 Å². The Balaban J connectivity index is 0.000000128. The molecule has 2 N–H and O–H groups in total. The van der Waals surface area contributed by atoms with Crippen molar-refractivity contribution < 1.29 is 60.8 Å². The van der Waals surface area contributed by atoms with Crippen molar-refractivity contribution in [1.82, 2.24) is 74.5 Å². The van der Waals surface area contributed by atoms with E-state index in [9.17, 15) is 48.5 Å². The van der Waals surface area contributed by atoms with Crippen LogP contribution in [0, 0.1) is 51.4 Å². The Kier molecular flexibility index (Phi) is 22.2. The number of hydrogen-bond donors (Lipinski definition) is 2. The molecule has 15 heterocycles. The lowest BCUT2D eigenvalue weighted by atomic mass is 10.0. The third-order valence-electron chi connectivity index (χ3n) is 21.6. The Morgan fingerprint density at radius 1 is 0.521 bits per heavy atom. The van der Waals surface area contributed by atoms with Crippen LogP contribution in [0.1, 0.15) is 106 Å². The number of pyridine rings is 3. The molecular formula is C82H83ClF3N21O10. The monoisotopic (exact) mass is 1610 g/mol. The summed E-state index contributed by atoms with van der Waals surface area (Å²) in [5, 5.41) is 47.8. The number of nitrogens with zero attached hydrogens (tertiary/aromatic N) is 19. The van der Waals surface area contributed by atoms with E-state index in [4.69, 9.17) is 45.5 Å². The summed E-state index contributed by atoms with van der Waals surface area (Å²) in [4.78, 5) is 92.9. The van der Waals surface area contributed by atoms with Crippen molar-refractivity contribution in [3.63, 3.8) is 0 Å². The van der Waals surface area contributed by atoms with Gasteiger partial charge >= 0.3 is 12.2 Å². The average molecular weight is 1620 g/mol. The number of nitrogens with one attached hydrogen (secondary N) is 2. The summed E-state index contributed by atoms with van der Waals surface area (Å²) in [6.45, 7) is 20.2. The highest BCUT2D eigenvalue weighted by molar-refractivity contribution is 6.35. The number of H-pyrrole nitrogens is 1. The van der Waals surface area contributed by atoms with Gasteiger partial charge in [0.1, 0.15) is 34.5 Å². The number of rotatable bonds is 8. The van der Waals surface area contributed by atoms with E-state index in [1.54, 1.807) is 76.9 Å². The predicted molar refractivity (Wildman–Crippen MR) is 419 cm³/mol. The van der Waals surface area contributed by atoms with E-state index in [-0.39, 0.29) is 116 Å². The van der Waals surface area contributed by atoms with Gasteiger partial charge in [0.2, 0.25) is 0 Å². The van der Waals surface area contributed by atoms with Gasteiger partial charge in [0.05, 0.1) is 201 Å². The zero-order chi connectivity index (χ0) is 82.6. The minimum absolute atomic E-state index is 0.00660. The number of amides is 5. The molecule has 0 radical (unpaired) electrons. The normalized spacial score (nSPS) is 20.7. The molecule has 0 bridgehead atoms. The Bertz CT molecular complexity index is 5540. The van der Waals surface area contributed by atoms with E-state index in [1.165, 1.54) is 65.3 Å². The minimum Gasteiger partial charge on any atom is -0.443 e. The van der Waals surface area contributed by atoms with Gasteiger partial charge in [-0.2, -0.15) is 31.1 Å². The molecule has 0 saturated carbocycles. The van der Waals surface area contributed by atoms with Gasteiger partial charge in [0, 0.05) is 89.5 Å². The first kappa shape index (κ1) is 80.0. The molecule has 3 unspecified atom stereocenters. The highest BCUT2D eigenvalue weighted by atomic mass is 35.5. The molecule has 31 nitrogen and oxygen atoms in total. The molecule has 604 valence electrons. The van der Waals surface area contributed by atoms with Crippen LogP contribution in [0.4, 0.5) is 40.2 Å². The summed E-state index contributed by atoms with van der Waals surface area (Å²) in [5.74, 6) is -0.693. The Hall–Kier alpha value is -12.2. The van der Waals surface area contributed by atoms with Crippen molar-refractivity contribution in [2.24, 2.45) is 0 Å². The molecule has 6 atom stereocenters. The van der Waals surface area contributed by atoms with Gasteiger partial charge in [-0.05, 0) is 117 Å². The molecule has 5 amide bonds. The number of carbonyl (C=O) groups is 5. The van der Waals surface area contributed by atoms with Crippen LogP contribution in [-0.2, 0) is 43.3 Å². The van der Waals surface area contributed by atoms with Gasteiger partial charge in [-0.25, -0.2) is 56.9 Å². The van der Waals surface area contributed by atoms with Crippen LogP contribution in [0.5, 0.6) is 0 Å². The first-order chi connectivity index (χ1) is 56.0. The summed E-state index contributed by atoms with van der Waals surface area (Å²) < 4.78 is 75.7. The summed E-state index contributed by atoms with van der Waals surface area (Å²) in [6, 6.07) is 29.9. The summed E-state index contributed by atoms with van der Waals surface area (Å²) in [7, 11) is 6.38. The number of anilines is 3. The fourth-order valence-corrected chi connectivity index (χ4v) is 16.2. The van der Waals surface area contributed by atoms with Crippen LogP contribution in [0.2, 0.25) is 5.02 Å². The Morgan fingerprint density at radius 2 is 0.923 bits per heavy atom. The fraction of sp³-hybridized carbons (Fsp3) is 0.390. The maximum absolute atomic E-state index is 15.1. The molecule has 117 heavy (non-hydrogen) atoms. The van der Waals surface area contributed by atoms with Crippen LogP contribution < -0.4 is 20.0 Å². The molecule has 6 saturated heterocycles. The van der Waals surface area contributed by atoms with Gasteiger partial charge in [-0.15, -0.1) is 0 Å². The highest BCUT2D eigenvalue weighted by Gasteiger charge is 2.45. The van der Waals surface area contributed by atoms with Crippen molar-refractivity contribution in [2.75, 3.05) is 115 Å². The molecule has 3 aromatic carbocycles. The lowest BCUT2D eigenvalue weighted by Crippen LogP contribution is -2.48. The zero-order valence-corrected chi connectivity index (χ0v) is 66.3. The standard InChI is InChI=1S/C29H30FN7O4.C24H22FN7O2.C19H15ClFN3O3.C10H16N4O/c1-29(2,3)41-28(39)36-14-20-26(27(36)38)21(12-19(32-20)25-17(13-31)6-5-7-18(25)30)37-9-8-24(33-37)35-15-22-23(16-35)40-11-10-34(22)4;1-30-7-8-34-20-13-31(12-19(20)30)21-5-6-32(29-21)18-9-16(28-17-11-27-24(33)23(17)18)22-14(10-26)3-2-4-15(22)25;1-19(2,3)27-18(26)24-9-14-16(17(24)25)11(20)7-13(23-14)15-10(8-22)5-4-6-12(15)21;1-13-4-5-15-9-7-14(6-8(9)13)10-2-3-11-12-10/h5-9,12,22-23H,10-11,14-16H2,1-4H3;2-6,9,19-20H,7-8,11-13H2,1H3,(H,27,33);4-7H,9H2,1-3H3;2-3,8-9H,4-7H2,1H3,(H,11,12)/t22-,23?;19-,20?;;8-,9?/m00.0/s1. The number of likely N-dealkylation sites (N-methyl/N-ethyl adjacent to an activating group) is 3. The highest BCUT2D eigenvalue weighted by Crippen LogP contribution is 2.40. The van der Waals surface area contributed by atoms with E-state index < -0.39 is 52.7 Å². The average Bonchev–Trinajstić information content (AvgIpc) is 1.61. The van der Waals surface area contributed by atoms with Crippen molar-refractivity contribution in [3.05, 3.63) is 183 Å². The van der Waals surface area contributed by atoms with Crippen LogP contribution in [0.15, 0.2) is 110 Å². The third-order valence-corrected chi connectivity index (χ3v) is 21.9. The zero-order valence-electron chi connectivity index (χ0n) is 65.6. The summed E-state index contributed by atoms with van der Waals surface area (Å²) in [6.07, 6.45) is 4.25. The largest absolute Gasteiger partial charge is 0.443 e. The number of ether oxygens (including phenoxy) is 5. The summed E-state index contributed by atoms with van der Waals surface area (Å²) in [5.41, 5.74) is 1.93. The van der Waals surface area contributed by atoms with E-state index in [2.05, 4.69) is 81.0 Å². The van der Waals surface area contributed by atoms with Gasteiger partial charge in [0.15, 0.2) is 11.6 Å². The summed E-state index contributed by atoms with van der Waals surface area (Å²) >= 11 is 6.23. The van der Waals surface area contributed by atoms with Gasteiger partial charge < -0.3 is 43.7 Å². The van der Waals surface area contributed by atoms with Crippen molar-refractivity contribution in [2.45, 2.75) is 109 Å². The van der Waals surface area contributed by atoms with Crippen molar-refractivity contribution >= 4 is 59.0 Å². The number of aromatic nitrogens is 9. The van der Waals surface area contributed by atoms with Crippen molar-refractivity contribution in [3.8, 4) is 63.4 Å². The van der Waals surface area contributed by atoms with Crippen LogP contribution >= 0.6 is 11.6 Å². The van der Waals surface area contributed by atoms with Crippen LogP contribution in [0.3, 0.4) is 0 Å². The number of fused-ring (bicyclic) bond motifs is 6. The van der Waals surface area contributed by atoms with Gasteiger partial charge in [-0.3, -0.25) is 34.2 Å². The predicted octanol–water partition coefficient (Wildman–Crippen LogP) is 9.30. The van der Waals surface area contributed by atoms with Crippen molar-refractivity contribution in [1.29, 1.82) is 15.8 Å². The number of morpholine rings is 3. The van der Waals surface area contributed by atoms with E-state index in [0.29, 0.717) is 65.5 Å². The van der Waals surface area contributed by atoms with E-state index in [0.717, 1.165) is 87.0 Å². The second kappa shape index (κ2) is 32.5. The molecule has 6 fully saturated rings. The number of benzene rings is 3. The number of halogens is 4. The van der Waals surface area contributed by atoms with Crippen LogP contribution in [-0.4, -0.2) is 247 Å². The number of nitriles is 3. The molecule has 9 aliphatic rings. The molecule has 0 aliphatic carbocycles. The van der Waals surface area contributed by atoms with Gasteiger partial charge in [0.25, 0.3) is 17.7 Å². The quantitative estimate of drug-likeness (QED) is 0.143. The molecular weight excluding hydrogens is 1530 g/mol. The molecule has 9 aliphatic heterocycles. The number of carbonyl (C=O) groups excluding carboxylic acids is 5. The number of aromatic amines is 1. The maximum Gasteiger partial charge on any atom is 0.417 e. The van der Waals surface area contributed by atoms with Crippen LogP contribution in [0.25, 0.3) is 45.1 Å². The first-order valence-corrected chi connectivity index (χ1v) is 38.5. The molecule has 9 aromatic rings. The lowest BCUT2D eigenvalue weighted by molar-refractivity contribution is -0.0362. The fourth-order valence-electron chi connectivity index (χ4n) is 15.9. The topological polar surface area (TPSA) is 344 Å². The lowest BCUT2D eigenvalue weighted by Gasteiger charge is -2.33. The first-order valence-electron chi connectivity index (χ1n) is 38.1. The molecule has 18 rings (SSSR count).